The predicted molar refractivity (Wildman–Crippen MR) is 112 cm³/mol. The molecular formula is C24H26N2O2. The van der Waals surface area contributed by atoms with Gasteiger partial charge in [0.25, 0.3) is 0 Å². The predicted octanol–water partition coefficient (Wildman–Crippen LogP) is 4.82. The van der Waals surface area contributed by atoms with E-state index in [0.717, 1.165) is 43.0 Å². The van der Waals surface area contributed by atoms with Gasteiger partial charge in [-0.15, -0.1) is 0 Å². The molecule has 4 nitrogen and oxygen atoms in total. The first-order chi connectivity index (χ1) is 13.8. The van der Waals surface area contributed by atoms with Crippen molar-refractivity contribution in [2.24, 2.45) is 5.41 Å². The minimum Gasteiger partial charge on any atom is -0.489 e. The summed E-state index contributed by atoms with van der Waals surface area (Å²) in [6.45, 7) is 4.62. The Balaban J connectivity index is 1.33. The van der Waals surface area contributed by atoms with Crippen LogP contribution in [0.3, 0.4) is 0 Å². The van der Waals surface area contributed by atoms with Gasteiger partial charge in [0, 0.05) is 31.7 Å². The molecule has 4 heteroatoms. The summed E-state index contributed by atoms with van der Waals surface area (Å²) in [4.78, 5) is 7.19. The molecule has 1 spiro atoms. The fourth-order valence-electron chi connectivity index (χ4n) is 4.47. The van der Waals surface area contributed by atoms with Crippen molar-refractivity contribution in [3.8, 4) is 5.75 Å². The fourth-order valence-corrected chi connectivity index (χ4v) is 4.47. The Labute approximate surface area is 166 Å². The van der Waals surface area contributed by atoms with Crippen LogP contribution in [-0.2, 0) is 11.3 Å². The number of anilines is 1. The largest absolute Gasteiger partial charge is 0.489 e. The zero-order valence-electron chi connectivity index (χ0n) is 16.1. The molecule has 2 aliphatic rings. The molecule has 0 atom stereocenters. The molecule has 3 aromatic rings. The molecule has 1 aromatic heterocycles. The highest BCUT2D eigenvalue weighted by atomic mass is 16.5. The van der Waals surface area contributed by atoms with Gasteiger partial charge < -0.3 is 14.4 Å². The number of aromatic nitrogens is 1. The van der Waals surface area contributed by atoms with E-state index in [1.54, 1.807) is 0 Å². The van der Waals surface area contributed by atoms with Crippen LogP contribution in [0.15, 0.2) is 60.8 Å². The Morgan fingerprint density at radius 2 is 1.86 bits per heavy atom. The Kier molecular flexibility index (Phi) is 4.65. The zero-order chi connectivity index (χ0) is 18.8. The Morgan fingerprint density at radius 1 is 1.00 bits per heavy atom. The van der Waals surface area contributed by atoms with E-state index in [1.807, 2.05) is 36.5 Å². The SMILES string of the molecule is c1ccc(COc2ccc3ncc(N4CCC5(CCOCC5)C4)cc3c2)cc1. The van der Waals surface area contributed by atoms with Gasteiger partial charge in [0.05, 0.1) is 17.4 Å². The molecule has 2 aromatic carbocycles. The maximum atomic E-state index is 6.00. The van der Waals surface area contributed by atoms with Crippen molar-refractivity contribution < 1.29 is 9.47 Å². The third kappa shape index (κ3) is 3.57. The average Bonchev–Trinajstić information content (AvgIpc) is 3.16. The zero-order valence-corrected chi connectivity index (χ0v) is 16.1. The second-order valence-electron chi connectivity index (χ2n) is 8.11. The number of benzene rings is 2. The molecule has 0 radical (unpaired) electrons. The first kappa shape index (κ1) is 17.5. The van der Waals surface area contributed by atoms with E-state index in [0.29, 0.717) is 12.0 Å². The molecule has 0 aliphatic carbocycles. The smallest absolute Gasteiger partial charge is 0.120 e. The monoisotopic (exact) mass is 374 g/mol. The fraction of sp³-hybridized carbons (Fsp3) is 0.375. The molecule has 0 saturated carbocycles. The number of nitrogens with zero attached hydrogens (tertiary/aromatic N) is 2. The van der Waals surface area contributed by atoms with Gasteiger partial charge in [0.1, 0.15) is 12.4 Å². The van der Waals surface area contributed by atoms with E-state index >= 15 is 0 Å². The van der Waals surface area contributed by atoms with E-state index in [-0.39, 0.29) is 0 Å². The highest BCUT2D eigenvalue weighted by molar-refractivity contribution is 5.83. The summed E-state index contributed by atoms with van der Waals surface area (Å²) in [5, 5.41) is 1.14. The first-order valence-corrected chi connectivity index (χ1v) is 10.2. The summed E-state index contributed by atoms with van der Waals surface area (Å²) in [7, 11) is 0. The lowest BCUT2D eigenvalue weighted by Gasteiger charge is -2.33. The van der Waals surface area contributed by atoms with Crippen molar-refractivity contribution in [1.29, 1.82) is 0 Å². The lowest BCUT2D eigenvalue weighted by molar-refractivity contribution is 0.0254. The van der Waals surface area contributed by atoms with Gasteiger partial charge in [0.15, 0.2) is 0 Å². The van der Waals surface area contributed by atoms with Crippen LogP contribution >= 0.6 is 0 Å². The van der Waals surface area contributed by atoms with Crippen molar-refractivity contribution in [2.45, 2.75) is 25.9 Å². The summed E-state index contributed by atoms with van der Waals surface area (Å²) < 4.78 is 11.6. The van der Waals surface area contributed by atoms with Crippen molar-refractivity contribution in [3.63, 3.8) is 0 Å². The van der Waals surface area contributed by atoms with Gasteiger partial charge in [-0.1, -0.05) is 30.3 Å². The quantitative estimate of drug-likeness (QED) is 0.656. The van der Waals surface area contributed by atoms with Crippen LogP contribution in [-0.4, -0.2) is 31.3 Å². The van der Waals surface area contributed by atoms with Gasteiger partial charge in [-0.05, 0) is 54.5 Å². The van der Waals surface area contributed by atoms with Gasteiger partial charge in [-0.2, -0.15) is 0 Å². The highest BCUT2D eigenvalue weighted by Crippen LogP contribution is 2.41. The molecule has 0 amide bonds. The highest BCUT2D eigenvalue weighted by Gasteiger charge is 2.39. The number of ether oxygens (including phenoxy) is 2. The van der Waals surface area contributed by atoms with E-state index in [9.17, 15) is 0 Å². The van der Waals surface area contributed by atoms with Crippen LogP contribution in [0.5, 0.6) is 5.75 Å². The maximum Gasteiger partial charge on any atom is 0.120 e. The summed E-state index contributed by atoms with van der Waals surface area (Å²) in [6.07, 6.45) is 5.64. The Bertz CT molecular complexity index is 951. The number of pyridine rings is 1. The third-order valence-electron chi connectivity index (χ3n) is 6.24. The van der Waals surface area contributed by atoms with E-state index in [1.165, 1.54) is 30.5 Å². The second kappa shape index (κ2) is 7.44. The van der Waals surface area contributed by atoms with Crippen LogP contribution in [0.1, 0.15) is 24.8 Å². The molecule has 2 saturated heterocycles. The average molecular weight is 374 g/mol. The summed E-state index contributed by atoms with van der Waals surface area (Å²) >= 11 is 0. The number of fused-ring (bicyclic) bond motifs is 1. The van der Waals surface area contributed by atoms with Gasteiger partial charge in [-0.3, -0.25) is 4.98 Å². The van der Waals surface area contributed by atoms with Gasteiger partial charge in [-0.25, -0.2) is 0 Å². The first-order valence-electron chi connectivity index (χ1n) is 10.2. The summed E-state index contributed by atoms with van der Waals surface area (Å²) in [5.74, 6) is 0.887. The maximum absolute atomic E-state index is 6.00. The number of hydrogen-bond donors (Lipinski definition) is 0. The number of hydrogen-bond acceptors (Lipinski definition) is 4. The topological polar surface area (TPSA) is 34.6 Å². The van der Waals surface area contributed by atoms with Gasteiger partial charge in [0.2, 0.25) is 0 Å². The lowest BCUT2D eigenvalue weighted by Crippen LogP contribution is -2.33. The molecular weight excluding hydrogens is 348 g/mol. The Morgan fingerprint density at radius 3 is 2.71 bits per heavy atom. The lowest BCUT2D eigenvalue weighted by atomic mass is 9.80. The van der Waals surface area contributed by atoms with Crippen LogP contribution in [0.25, 0.3) is 10.9 Å². The van der Waals surface area contributed by atoms with Crippen LogP contribution in [0, 0.1) is 5.41 Å². The van der Waals surface area contributed by atoms with E-state index in [4.69, 9.17) is 14.5 Å². The van der Waals surface area contributed by atoms with Crippen LogP contribution in [0.2, 0.25) is 0 Å². The summed E-state index contributed by atoms with van der Waals surface area (Å²) in [6, 6.07) is 18.7. The standard InChI is InChI=1S/C24H26N2O2/c1-2-4-19(5-3-1)17-28-22-6-7-23-20(15-22)14-21(16-25-23)26-11-8-24(18-26)9-12-27-13-10-24/h1-7,14-16H,8-13,17-18H2. The van der Waals surface area contributed by atoms with Crippen molar-refractivity contribution in [3.05, 3.63) is 66.4 Å². The third-order valence-corrected chi connectivity index (χ3v) is 6.24. The normalized spacial score (nSPS) is 18.6. The molecule has 3 heterocycles. The molecule has 5 rings (SSSR count). The molecule has 28 heavy (non-hydrogen) atoms. The van der Waals surface area contributed by atoms with Crippen molar-refractivity contribution >= 4 is 16.6 Å². The van der Waals surface area contributed by atoms with Crippen LogP contribution < -0.4 is 9.64 Å². The molecule has 144 valence electrons. The van der Waals surface area contributed by atoms with Gasteiger partial charge >= 0.3 is 0 Å². The molecule has 0 bridgehead atoms. The minimum absolute atomic E-state index is 0.438. The minimum atomic E-state index is 0.438. The van der Waals surface area contributed by atoms with Crippen molar-refractivity contribution in [1.82, 2.24) is 4.98 Å². The summed E-state index contributed by atoms with van der Waals surface area (Å²) in [5.41, 5.74) is 3.84. The van der Waals surface area contributed by atoms with E-state index < -0.39 is 0 Å². The molecule has 2 aliphatic heterocycles. The molecule has 0 unspecified atom stereocenters. The number of rotatable bonds is 4. The second-order valence-corrected chi connectivity index (χ2v) is 8.11. The Hall–Kier alpha value is -2.59. The van der Waals surface area contributed by atoms with Crippen LogP contribution in [0.4, 0.5) is 5.69 Å². The molecule has 2 fully saturated rings. The molecule has 0 N–H and O–H groups in total. The van der Waals surface area contributed by atoms with Crippen molar-refractivity contribution in [2.75, 3.05) is 31.2 Å². The van der Waals surface area contributed by atoms with E-state index in [2.05, 4.69) is 29.2 Å².